The second-order valence-electron chi connectivity index (χ2n) is 4.08. The van der Waals surface area contributed by atoms with Crippen LogP contribution in [0.5, 0.6) is 0 Å². The molecule has 78 valence electrons. The average molecular weight is 192 g/mol. The Balaban J connectivity index is 2.55. The molecular weight excluding hydrogens is 172 g/mol. The van der Waals surface area contributed by atoms with Crippen molar-refractivity contribution in [2.75, 3.05) is 19.0 Å². The highest BCUT2D eigenvalue weighted by atomic mass is 15.1. The molecule has 14 heavy (non-hydrogen) atoms. The van der Waals surface area contributed by atoms with Gasteiger partial charge < -0.3 is 10.6 Å². The first-order chi connectivity index (χ1) is 6.59. The average Bonchev–Trinajstić information content (AvgIpc) is 2.15. The highest BCUT2D eigenvalue weighted by molar-refractivity contribution is 5.45. The molecule has 0 spiro atoms. The zero-order valence-electron chi connectivity index (χ0n) is 9.33. The number of nitrogens with zero attached hydrogens (tertiary/aromatic N) is 1. The van der Waals surface area contributed by atoms with Crippen molar-refractivity contribution in [3.05, 3.63) is 29.8 Å². The maximum Gasteiger partial charge on any atom is 0.0361 e. The Morgan fingerprint density at radius 2 is 1.79 bits per heavy atom. The van der Waals surface area contributed by atoms with Crippen molar-refractivity contribution < 1.29 is 0 Å². The minimum atomic E-state index is 0.295. The van der Waals surface area contributed by atoms with E-state index in [-0.39, 0.29) is 0 Å². The molecule has 1 rings (SSSR count). The molecule has 1 aromatic carbocycles. The molecule has 0 aliphatic rings. The summed E-state index contributed by atoms with van der Waals surface area (Å²) in [4.78, 5) is 2.11. The molecule has 0 bridgehead atoms. The van der Waals surface area contributed by atoms with Gasteiger partial charge in [0, 0.05) is 25.8 Å². The van der Waals surface area contributed by atoms with Crippen molar-refractivity contribution in [1.29, 1.82) is 0 Å². The third-order valence-corrected chi connectivity index (χ3v) is 2.34. The standard InChI is InChI=1S/C12H20N2/c1-10(13)4-5-11-6-8-12(9-7-11)14(2)3/h6-10H,4-5,13H2,1-3H3/t10-/m0/s1. The minimum Gasteiger partial charge on any atom is -0.378 e. The van der Waals surface area contributed by atoms with Crippen LogP contribution in [0.25, 0.3) is 0 Å². The van der Waals surface area contributed by atoms with Crippen LogP contribution < -0.4 is 10.6 Å². The van der Waals surface area contributed by atoms with E-state index in [0.717, 1.165) is 12.8 Å². The lowest BCUT2D eigenvalue weighted by molar-refractivity contribution is 0.666. The van der Waals surface area contributed by atoms with E-state index in [1.54, 1.807) is 0 Å². The minimum absolute atomic E-state index is 0.295. The third kappa shape index (κ3) is 3.38. The van der Waals surface area contributed by atoms with Gasteiger partial charge in [-0.1, -0.05) is 12.1 Å². The van der Waals surface area contributed by atoms with E-state index >= 15 is 0 Å². The van der Waals surface area contributed by atoms with Gasteiger partial charge in [-0.15, -0.1) is 0 Å². The lowest BCUT2D eigenvalue weighted by Gasteiger charge is -2.12. The molecule has 0 fully saturated rings. The second kappa shape index (κ2) is 5.01. The van der Waals surface area contributed by atoms with Crippen LogP contribution in [0.1, 0.15) is 18.9 Å². The Hall–Kier alpha value is -1.02. The molecule has 1 aromatic rings. The van der Waals surface area contributed by atoms with Gasteiger partial charge in [0.1, 0.15) is 0 Å². The van der Waals surface area contributed by atoms with Gasteiger partial charge in [0.05, 0.1) is 0 Å². The third-order valence-electron chi connectivity index (χ3n) is 2.34. The van der Waals surface area contributed by atoms with E-state index in [1.165, 1.54) is 11.3 Å². The number of benzene rings is 1. The first-order valence-electron chi connectivity index (χ1n) is 5.11. The number of hydrogen-bond acceptors (Lipinski definition) is 2. The summed E-state index contributed by atoms with van der Waals surface area (Å²) in [5, 5.41) is 0. The SMILES string of the molecule is C[C@H](N)CCc1ccc(N(C)C)cc1. The summed E-state index contributed by atoms with van der Waals surface area (Å²) in [6.45, 7) is 2.05. The molecule has 2 N–H and O–H groups in total. The Morgan fingerprint density at radius 3 is 2.21 bits per heavy atom. The van der Waals surface area contributed by atoms with Gasteiger partial charge >= 0.3 is 0 Å². The van der Waals surface area contributed by atoms with Crippen LogP contribution in [0.2, 0.25) is 0 Å². The molecule has 2 nitrogen and oxygen atoms in total. The summed E-state index contributed by atoms with van der Waals surface area (Å²) < 4.78 is 0. The number of hydrogen-bond donors (Lipinski definition) is 1. The lowest BCUT2D eigenvalue weighted by Crippen LogP contribution is -2.15. The second-order valence-corrected chi connectivity index (χ2v) is 4.08. The predicted molar refractivity (Wildman–Crippen MR) is 62.7 cm³/mol. The van der Waals surface area contributed by atoms with Gasteiger partial charge in [-0.3, -0.25) is 0 Å². The van der Waals surface area contributed by atoms with Gasteiger partial charge in [-0.05, 0) is 37.5 Å². The van der Waals surface area contributed by atoms with Crippen molar-refractivity contribution in [2.24, 2.45) is 5.73 Å². The molecule has 0 heterocycles. The van der Waals surface area contributed by atoms with Crippen LogP contribution >= 0.6 is 0 Å². The highest BCUT2D eigenvalue weighted by Gasteiger charge is 1.98. The van der Waals surface area contributed by atoms with Crippen LogP contribution in [0.3, 0.4) is 0 Å². The number of rotatable bonds is 4. The zero-order valence-corrected chi connectivity index (χ0v) is 9.33. The lowest BCUT2D eigenvalue weighted by atomic mass is 10.1. The molecule has 0 saturated heterocycles. The van der Waals surface area contributed by atoms with Crippen molar-refractivity contribution in [1.82, 2.24) is 0 Å². The van der Waals surface area contributed by atoms with E-state index in [4.69, 9.17) is 5.73 Å². The summed E-state index contributed by atoms with van der Waals surface area (Å²) in [7, 11) is 4.11. The monoisotopic (exact) mass is 192 g/mol. The topological polar surface area (TPSA) is 29.3 Å². The summed E-state index contributed by atoms with van der Waals surface area (Å²) in [5.74, 6) is 0. The molecule has 0 aliphatic heterocycles. The van der Waals surface area contributed by atoms with Gasteiger partial charge in [-0.25, -0.2) is 0 Å². The largest absolute Gasteiger partial charge is 0.378 e. The van der Waals surface area contributed by atoms with Crippen LogP contribution in [0, 0.1) is 0 Å². The van der Waals surface area contributed by atoms with Crippen molar-refractivity contribution in [2.45, 2.75) is 25.8 Å². The zero-order chi connectivity index (χ0) is 10.6. The molecule has 0 amide bonds. The fourth-order valence-corrected chi connectivity index (χ4v) is 1.36. The van der Waals surface area contributed by atoms with Gasteiger partial charge in [0.15, 0.2) is 0 Å². The van der Waals surface area contributed by atoms with Crippen LogP contribution in [-0.4, -0.2) is 20.1 Å². The maximum atomic E-state index is 5.71. The first-order valence-corrected chi connectivity index (χ1v) is 5.11. The number of nitrogens with two attached hydrogens (primary N) is 1. The first kappa shape index (κ1) is 11.1. The Morgan fingerprint density at radius 1 is 1.21 bits per heavy atom. The smallest absolute Gasteiger partial charge is 0.0361 e. The molecule has 0 unspecified atom stereocenters. The van der Waals surface area contributed by atoms with Crippen LogP contribution in [-0.2, 0) is 6.42 Å². The van der Waals surface area contributed by atoms with Gasteiger partial charge in [0.25, 0.3) is 0 Å². The van der Waals surface area contributed by atoms with E-state index in [2.05, 4.69) is 43.3 Å². The quantitative estimate of drug-likeness (QED) is 0.791. The summed E-state index contributed by atoms with van der Waals surface area (Å²) >= 11 is 0. The fourth-order valence-electron chi connectivity index (χ4n) is 1.36. The Kier molecular flexibility index (Phi) is 3.96. The highest BCUT2D eigenvalue weighted by Crippen LogP contribution is 2.13. The Labute approximate surface area is 86.7 Å². The molecule has 1 atom stereocenters. The maximum absolute atomic E-state index is 5.71. The van der Waals surface area contributed by atoms with Crippen LogP contribution in [0.4, 0.5) is 5.69 Å². The summed E-state index contributed by atoms with van der Waals surface area (Å²) in [5.41, 5.74) is 8.32. The predicted octanol–water partition coefficient (Wildman–Crippen LogP) is 2.03. The molecule has 2 heteroatoms. The molecule has 0 aromatic heterocycles. The van der Waals surface area contributed by atoms with Gasteiger partial charge in [-0.2, -0.15) is 0 Å². The van der Waals surface area contributed by atoms with E-state index in [0.29, 0.717) is 6.04 Å². The molecule has 0 radical (unpaired) electrons. The fraction of sp³-hybridized carbons (Fsp3) is 0.500. The van der Waals surface area contributed by atoms with Crippen molar-refractivity contribution in [3.8, 4) is 0 Å². The van der Waals surface area contributed by atoms with Crippen LogP contribution in [0.15, 0.2) is 24.3 Å². The molecule has 0 aliphatic carbocycles. The molecule has 0 saturated carbocycles. The number of aryl methyl sites for hydroxylation is 1. The summed E-state index contributed by atoms with van der Waals surface area (Å²) in [6, 6.07) is 8.95. The normalized spacial score (nSPS) is 12.6. The van der Waals surface area contributed by atoms with Crippen molar-refractivity contribution in [3.63, 3.8) is 0 Å². The van der Waals surface area contributed by atoms with Gasteiger partial charge in [0.2, 0.25) is 0 Å². The number of anilines is 1. The van der Waals surface area contributed by atoms with Crippen molar-refractivity contribution >= 4 is 5.69 Å². The molecular formula is C12H20N2. The summed E-state index contributed by atoms with van der Waals surface area (Å²) in [6.07, 6.45) is 2.13. The van der Waals surface area contributed by atoms with E-state index in [9.17, 15) is 0 Å². The Bertz CT molecular complexity index is 262. The van der Waals surface area contributed by atoms with E-state index in [1.807, 2.05) is 6.92 Å². The van der Waals surface area contributed by atoms with E-state index < -0.39 is 0 Å².